The number of aliphatic hydroxyl groups is 8. The minimum atomic E-state index is -1.70. The molecule has 0 amide bonds. The van der Waals surface area contributed by atoms with Gasteiger partial charge in [-0.1, -0.05) is 39.3 Å². The summed E-state index contributed by atoms with van der Waals surface area (Å²) in [6.45, 7) is 13.2. The van der Waals surface area contributed by atoms with E-state index in [0.29, 0.717) is 54.5 Å². The van der Waals surface area contributed by atoms with Gasteiger partial charge in [-0.25, -0.2) is 0 Å². The first-order valence-electron chi connectivity index (χ1n) is 23.3. The minimum Gasteiger partial charge on any atom is -0.394 e. The number of ether oxygens (including phenoxy) is 7. The first-order chi connectivity index (χ1) is 28.9. The molecule has 348 valence electrons. The van der Waals surface area contributed by atoms with Crippen molar-refractivity contribution in [2.75, 3.05) is 13.2 Å². The summed E-state index contributed by atoms with van der Waals surface area (Å²) >= 11 is 0. The van der Waals surface area contributed by atoms with Crippen LogP contribution in [0.2, 0.25) is 0 Å². The molecule has 9 N–H and O–H groups in total. The Hall–Kier alpha value is -0.900. The lowest BCUT2D eigenvalue weighted by Crippen LogP contribution is -2.66. The van der Waals surface area contributed by atoms with Crippen LogP contribution in [0.3, 0.4) is 0 Å². The highest BCUT2D eigenvalue weighted by atomic mass is 16.8. The van der Waals surface area contributed by atoms with Crippen molar-refractivity contribution in [1.82, 2.24) is 5.32 Å². The van der Waals surface area contributed by atoms with E-state index in [4.69, 9.17) is 33.2 Å². The van der Waals surface area contributed by atoms with Crippen LogP contribution in [-0.2, 0) is 33.2 Å². The number of rotatable bonds is 7. The van der Waals surface area contributed by atoms with Crippen molar-refractivity contribution in [2.24, 2.45) is 46.3 Å². The molecule has 5 aliphatic heterocycles. The monoisotopic (exact) mass is 867 g/mol. The van der Waals surface area contributed by atoms with Gasteiger partial charge in [-0.3, -0.25) is 5.32 Å². The van der Waals surface area contributed by atoms with Gasteiger partial charge < -0.3 is 74.0 Å². The van der Waals surface area contributed by atoms with Gasteiger partial charge in [-0.05, 0) is 112 Å². The predicted octanol–water partition coefficient (Wildman–Crippen LogP) is 0.815. The molecule has 5 saturated heterocycles. The Bertz CT molecular complexity index is 1600. The Balaban J connectivity index is 0.916. The molecule has 8 fully saturated rings. The lowest BCUT2D eigenvalue weighted by molar-refractivity contribution is -0.388. The number of hydrogen-bond donors (Lipinski definition) is 9. The zero-order valence-corrected chi connectivity index (χ0v) is 36.6. The summed E-state index contributed by atoms with van der Waals surface area (Å²) in [5.41, 5.74) is 1.41. The van der Waals surface area contributed by atoms with Gasteiger partial charge in [0.25, 0.3) is 0 Å². The van der Waals surface area contributed by atoms with Crippen LogP contribution in [0.5, 0.6) is 0 Å². The second kappa shape index (κ2) is 16.8. The van der Waals surface area contributed by atoms with Gasteiger partial charge >= 0.3 is 0 Å². The van der Waals surface area contributed by atoms with Crippen molar-refractivity contribution < 1.29 is 74.0 Å². The van der Waals surface area contributed by atoms with Crippen LogP contribution in [0.1, 0.15) is 99.3 Å². The average Bonchev–Trinajstić information content (AvgIpc) is 3.69. The van der Waals surface area contributed by atoms with Crippen LogP contribution < -0.4 is 5.32 Å². The highest BCUT2D eigenvalue weighted by molar-refractivity contribution is 5.26. The smallest absolute Gasteiger partial charge is 0.187 e. The fourth-order valence-electron chi connectivity index (χ4n) is 14.2. The maximum Gasteiger partial charge on any atom is 0.187 e. The molecule has 9 rings (SSSR count). The lowest BCUT2D eigenvalue weighted by atomic mass is 9.47. The number of hydrogen-bond acceptors (Lipinski definition) is 16. The zero-order chi connectivity index (χ0) is 43.5. The fourth-order valence-corrected chi connectivity index (χ4v) is 14.2. The Morgan fingerprint density at radius 3 is 1.98 bits per heavy atom. The van der Waals surface area contributed by atoms with Crippen molar-refractivity contribution in [3.8, 4) is 0 Å². The van der Waals surface area contributed by atoms with Gasteiger partial charge in [0.15, 0.2) is 18.9 Å². The maximum atomic E-state index is 12.0. The molecule has 4 aliphatic carbocycles. The Labute approximate surface area is 359 Å². The lowest BCUT2D eigenvalue weighted by Gasteiger charge is -2.59. The van der Waals surface area contributed by atoms with Gasteiger partial charge in [0.2, 0.25) is 0 Å². The highest BCUT2D eigenvalue weighted by Crippen LogP contribution is 2.70. The van der Waals surface area contributed by atoms with Gasteiger partial charge in [0, 0.05) is 12.5 Å². The molecule has 5 heterocycles. The van der Waals surface area contributed by atoms with Gasteiger partial charge in [0.1, 0.15) is 66.8 Å². The number of nitrogens with one attached hydrogen (secondary N) is 1. The summed E-state index contributed by atoms with van der Waals surface area (Å²) in [6, 6.07) is 0. The van der Waals surface area contributed by atoms with E-state index < -0.39 is 98.7 Å². The van der Waals surface area contributed by atoms with Crippen LogP contribution in [0.15, 0.2) is 11.6 Å². The molecular formula is C45H73NO15. The third-order valence-electron chi connectivity index (χ3n) is 17.9. The Kier molecular flexibility index (Phi) is 12.4. The van der Waals surface area contributed by atoms with Crippen molar-refractivity contribution in [1.29, 1.82) is 0 Å². The number of allylic oxidation sites excluding steroid dienone is 1. The van der Waals surface area contributed by atoms with Crippen LogP contribution in [0.25, 0.3) is 0 Å². The summed E-state index contributed by atoms with van der Waals surface area (Å²) < 4.78 is 43.7. The van der Waals surface area contributed by atoms with E-state index >= 15 is 0 Å². The number of aliphatic hydroxyl groups excluding tert-OH is 8. The van der Waals surface area contributed by atoms with Crippen molar-refractivity contribution in [3.05, 3.63) is 11.6 Å². The molecular weight excluding hydrogens is 794 g/mol. The quantitative estimate of drug-likeness (QED) is 0.161. The van der Waals surface area contributed by atoms with Crippen LogP contribution in [0.4, 0.5) is 0 Å². The standard InChI is InChI=1S/C45H73NO15/c1-19-9-14-45(46-17-19)20(2)30-28(61-45)16-27-25-8-7-23-15-24(10-12-43(23,5)26(25)11-13-44(27,30)6)57-42-39(60-41-36(53)34(51)32(49)22(4)56-41)37(54)38(29(18-47)58-42)59-40-35(52)33(50)31(48)21(3)55-40/h7,19-22,24-42,46-54H,8-18H2,1-6H3/t19?,20?,21-,22-,24+,25+,26?,27?,28?,29+,30?,31+,32-,33+,34+,35+,36+,37-,38+,39+,40-,41-,42+,43-,44-,45?/m0/s1. The molecule has 0 aromatic heterocycles. The third-order valence-corrected chi connectivity index (χ3v) is 17.9. The molecule has 16 nitrogen and oxygen atoms in total. The maximum absolute atomic E-state index is 12.0. The zero-order valence-electron chi connectivity index (χ0n) is 36.6. The molecule has 0 bridgehead atoms. The average molecular weight is 868 g/mol. The summed E-state index contributed by atoms with van der Waals surface area (Å²) in [5, 5.41) is 89.8. The number of fused-ring (bicyclic) bond motifs is 7. The number of piperidine rings is 1. The van der Waals surface area contributed by atoms with Crippen LogP contribution in [-0.4, -0.2) is 164 Å². The second-order valence-corrected chi connectivity index (χ2v) is 21.2. The van der Waals surface area contributed by atoms with E-state index in [2.05, 4.69) is 39.1 Å². The van der Waals surface area contributed by atoms with E-state index in [0.717, 1.165) is 32.2 Å². The molecule has 0 aromatic carbocycles. The van der Waals surface area contributed by atoms with Gasteiger partial charge in [-0.2, -0.15) is 0 Å². The molecule has 1 spiro atoms. The first kappa shape index (κ1) is 45.3. The molecule has 0 aromatic rings. The molecule has 0 radical (unpaired) electrons. The van der Waals surface area contributed by atoms with Crippen LogP contribution >= 0.6 is 0 Å². The highest BCUT2D eigenvalue weighted by Gasteiger charge is 2.68. The van der Waals surface area contributed by atoms with Crippen LogP contribution in [0, 0.1) is 46.3 Å². The summed E-state index contributed by atoms with van der Waals surface area (Å²) in [4.78, 5) is 0. The summed E-state index contributed by atoms with van der Waals surface area (Å²) in [6.07, 6.45) is -9.93. The third kappa shape index (κ3) is 7.42. The van der Waals surface area contributed by atoms with Crippen molar-refractivity contribution in [2.45, 2.75) is 209 Å². The van der Waals surface area contributed by atoms with Gasteiger partial charge in [-0.15, -0.1) is 0 Å². The minimum absolute atomic E-state index is 0.00472. The Morgan fingerprint density at radius 2 is 1.36 bits per heavy atom. The van der Waals surface area contributed by atoms with E-state index in [-0.39, 0.29) is 22.7 Å². The SMILES string of the molecule is CC1CCC2(NC1)OC1CC3[C@@H]4CC=C5C[C@H](O[C@@H]6O[C@H](CO)[C@@H](O[C@@H]7O[C@@H](C)[C@@H](O)[C@@H](O)[C@H]7O)[C@H](O)[C@H]6O[C@@H]6O[C@@H](C)[C@H](O)[C@@H](O)[C@H]6O)CC[C@]5(C)C4CC[C@]3(C)C1C2C. The summed E-state index contributed by atoms with van der Waals surface area (Å²) in [7, 11) is 0. The molecule has 7 unspecified atom stereocenters. The van der Waals surface area contributed by atoms with Crippen molar-refractivity contribution in [3.63, 3.8) is 0 Å². The van der Waals surface area contributed by atoms with E-state index in [1.807, 2.05) is 0 Å². The first-order valence-corrected chi connectivity index (χ1v) is 23.3. The fraction of sp³-hybridized carbons (Fsp3) is 0.956. The van der Waals surface area contributed by atoms with Crippen molar-refractivity contribution >= 4 is 0 Å². The predicted molar refractivity (Wildman–Crippen MR) is 215 cm³/mol. The van der Waals surface area contributed by atoms with E-state index in [9.17, 15) is 40.9 Å². The molecule has 3 saturated carbocycles. The molecule has 26 atom stereocenters. The normalized spacial score (nSPS) is 58.4. The largest absolute Gasteiger partial charge is 0.394 e. The molecule has 9 aliphatic rings. The summed E-state index contributed by atoms with van der Waals surface area (Å²) in [5.74, 6) is 3.43. The van der Waals surface area contributed by atoms with Gasteiger partial charge in [0.05, 0.1) is 31.0 Å². The molecule has 16 heteroatoms. The van der Waals surface area contributed by atoms with E-state index in [1.54, 1.807) is 0 Å². The van der Waals surface area contributed by atoms with E-state index in [1.165, 1.54) is 38.7 Å². The topological polar surface area (TPSA) is 238 Å². The molecule has 61 heavy (non-hydrogen) atoms. The Morgan fingerprint density at radius 1 is 0.705 bits per heavy atom. The second-order valence-electron chi connectivity index (χ2n) is 21.2.